The molecule has 1 atom stereocenters. The smallest absolute Gasteiger partial charge is 0.293 e. The van der Waals surface area contributed by atoms with Gasteiger partial charge in [0.25, 0.3) is 6.47 Å². The van der Waals surface area contributed by atoms with Crippen LogP contribution in [0.2, 0.25) is 0 Å². The molecule has 180 valence electrons. The predicted octanol–water partition coefficient (Wildman–Crippen LogP) is 10.1. The molecule has 0 aliphatic rings. The Morgan fingerprint density at radius 1 is 0.533 bits per heavy atom. The van der Waals surface area contributed by atoms with E-state index in [4.69, 9.17) is 197 Å². The molecule has 0 rings (SSSR count). The molecule has 0 aromatic rings. The van der Waals surface area contributed by atoms with Crippen molar-refractivity contribution >= 4 is 204 Å². The number of hydrogen-bond donors (Lipinski definition) is 0. The van der Waals surface area contributed by atoms with Crippen molar-refractivity contribution in [3.05, 3.63) is 0 Å². The molecule has 0 spiro atoms. The van der Waals surface area contributed by atoms with E-state index >= 15 is 0 Å². The molecule has 2 nitrogen and oxygen atoms in total. The third-order valence-electron chi connectivity index (χ3n) is 3.52. The van der Waals surface area contributed by atoms with Crippen molar-refractivity contribution in [3.63, 3.8) is 0 Å². The lowest BCUT2D eigenvalue weighted by Gasteiger charge is -2.54. The zero-order valence-electron chi connectivity index (χ0n) is 13.4. The fourth-order valence-electron chi connectivity index (χ4n) is 1.60. The van der Waals surface area contributed by atoms with Gasteiger partial charge >= 0.3 is 0 Å². The molecule has 0 aromatic heterocycles. The van der Waals surface area contributed by atoms with Crippen molar-refractivity contribution in [2.75, 3.05) is 0 Å². The Hall–Kier alpha value is 4.40. The monoisotopic (exact) mass is 763 g/mol. The zero-order chi connectivity index (χ0) is 25.0. The maximum absolute atomic E-state index is 10.6. The highest BCUT2D eigenvalue weighted by atomic mass is 35.6. The van der Waals surface area contributed by atoms with E-state index in [1.807, 2.05) is 0 Å². The topological polar surface area (TPSA) is 26.3 Å². The van der Waals surface area contributed by atoms with Crippen molar-refractivity contribution < 1.29 is 9.53 Å². The van der Waals surface area contributed by atoms with Gasteiger partial charge in [-0.3, -0.25) is 4.79 Å². The Morgan fingerprint density at radius 2 is 0.800 bits per heavy atom. The summed E-state index contributed by atoms with van der Waals surface area (Å²) in [6, 6.07) is 0. The second kappa shape index (κ2) is 10.6. The molecule has 0 fully saturated rings. The van der Waals surface area contributed by atoms with Gasteiger partial charge in [0.05, 0.1) is 0 Å². The van der Waals surface area contributed by atoms with Crippen LogP contribution in [0.3, 0.4) is 0 Å². The standard InChI is InChI=1S/C11H5Cl17O2/c1-3(30-2-29)4(12,13)5(14,15)6(16,17)7(18,19)8(20,21)9(22,23)10(24,25)11(26,27)28/h2-3H,1H3. The first-order valence-corrected chi connectivity index (χ1v) is 13.0. The molecule has 0 aromatic carbocycles. The minimum Gasteiger partial charge on any atom is -0.462 e. The Labute approximate surface area is 257 Å². The van der Waals surface area contributed by atoms with E-state index in [0.29, 0.717) is 0 Å². The van der Waals surface area contributed by atoms with E-state index < -0.39 is 40.2 Å². The third kappa shape index (κ3) is 5.47. The SMILES string of the molecule is CC(OC=O)C(Cl)(Cl)C(Cl)(Cl)C(Cl)(Cl)C(Cl)(Cl)C(Cl)(Cl)C(Cl)(Cl)C(Cl)(Cl)C(Cl)(Cl)Cl. The van der Waals surface area contributed by atoms with Crippen LogP contribution in [0.5, 0.6) is 0 Å². The largest absolute Gasteiger partial charge is 0.462 e. The molecule has 30 heavy (non-hydrogen) atoms. The van der Waals surface area contributed by atoms with Gasteiger partial charge in [-0.15, -0.1) is 0 Å². The highest BCUT2D eigenvalue weighted by molar-refractivity contribution is 6.83. The van der Waals surface area contributed by atoms with E-state index in [1.165, 1.54) is 6.92 Å². The Bertz CT molecular complexity index is 634. The number of halogens is 17. The number of carbonyl (C=O) groups excluding carboxylic acids is 1. The number of alkyl halides is 17. The maximum atomic E-state index is 10.6. The molecule has 0 bridgehead atoms. The molecule has 0 radical (unpaired) electrons. The average Bonchev–Trinajstić information content (AvgIpc) is 2.52. The van der Waals surface area contributed by atoms with Crippen LogP contribution in [-0.2, 0) is 9.53 Å². The molecule has 0 heterocycles. The van der Waals surface area contributed by atoms with E-state index in [2.05, 4.69) is 4.74 Å². The number of hydrogen-bond acceptors (Lipinski definition) is 2. The van der Waals surface area contributed by atoms with Crippen molar-refractivity contribution in [1.82, 2.24) is 0 Å². The van der Waals surface area contributed by atoms with Crippen LogP contribution in [0.1, 0.15) is 6.92 Å². The normalized spacial score (nSPS) is 17.0. The lowest BCUT2D eigenvalue weighted by Crippen LogP contribution is -2.71. The summed E-state index contributed by atoms with van der Waals surface area (Å²) in [5, 5.41) is 0. The second-order valence-corrected chi connectivity index (χ2v) is 17.1. The first kappa shape index (κ1) is 34.4. The minimum absolute atomic E-state index is 0.0148. The van der Waals surface area contributed by atoms with Gasteiger partial charge in [-0.05, 0) is 6.92 Å². The maximum Gasteiger partial charge on any atom is 0.293 e. The van der Waals surface area contributed by atoms with Crippen LogP contribution in [-0.4, -0.2) is 46.7 Å². The zero-order valence-corrected chi connectivity index (χ0v) is 26.2. The van der Waals surface area contributed by atoms with Gasteiger partial charge in [0.15, 0.2) is 26.0 Å². The minimum atomic E-state index is -3.06. The average molecular weight is 772 g/mol. The van der Waals surface area contributed by atoms with Gasteiger partial charge in [-0.2, -0.15) is 0 Å². The number of ether oxygens (including phenoxy) is 1. The summed E-state index contributed by atoms with van der Waals surface area (Å²) in [5.41, 5.74) is 0. The van der Waals surface area contributed by atoms with Gasteiger partial charge in [-0.1, -0.05) is 197 Å². The van der Waals surface area contributed by atoms with Crippen LogP contribution in [0.25, 0.3) is 0 Å². The second-order valence-electron chi connectivity index (χ2n) is 5.44. The molecule has 0 amide bonds. The summed E-state index contributed by atoms with van der Waals surface area (Å²) in [6.45, 7) is 1.16. The van der Waals surface area contributed by atoms with Gasteiger partial charge < -0.3 is 4.74 Å². The summed E-state index contributed by atoms with van der Waals surface area (Å²) in [4.78, 5) is 10.6. The third-order valence-corrected chi connectivity index (χ3v) is 15.3. The number of carbonyl (C=O) groups is 1. The van der Waals surface area contributed by atoms with Crippen LogP contribution in [0.15, 0.2) is 0 Å². The molecule has 0 saturated carbocycles. The molecule has 0 aliphatic carbocycles. The Kier molecular flexibility index (Phi) is 12.2. The highest BCUT2D eigenvalue weighted by Crippen LogP contribution is 2.72. The number of rotatable bonds is 9. The first-order chi connectivity index (χ1) is 12.7. The summed E-state index contributed by atoms with van der Waals surface area (Å²) in [7, 11) is 0. The van der Waals surface area contributed by atoms with Crippen molar-refractivity contribution in [1.29, 1.82) is 0 Å². The van der Waals surface area contributed by atoms with E-state index in [0.717, 1.165) is 0 Å². The van der Waals surface area contributed by atoms with Crippen molar-refractivity contribution in [3.8, 4) is 0 Å². The van der Waals surface area contributed by atoms with E-state index in [9.17, 15) is 4.79 Å². The van der Waals surface area contributed by atoms with Gasteiger partial charge in [0.2, 0.25) is 8.13 Å². The molecule has 0 aliphatic heterocycles. The molecule has 1 unspecified atom stereocenters. The van der Waals surface area contributed by atoms with Crippen LogP contribution >= 0.6 is 197 Å². The predicted molar refractivity (Wildman–Crippen MR) is 138 cm³/mol. The van der Waals surface area contributed by atoms with Gasteiger partial charge in [0.1, 0.15) is 6.10 Å². The molecule has 0 N–H and O–H groups in total. The first-order valence-electron chi connectivity index (χ1n) is 6.54. The van der Waals surface area contributed by atoms with Crippen LogP contribution in [0, 0.1) is 0 Å². The lowest BCUT2D eigenvalue weighted by atomic mass is 10.0. The van der Waals surface area contributed by atoms with E-state index in [-0.39, 0.29) is 6.47 Å². The molecule has 0 saturated heterocycles. The Balaban J connectivity index is 6.73. The van der Waals surface area contributed by atoms with Crippen LogP contribution < -0.4 is 0 Å². The summed E-state index contributed by atoms with van der Waals surface area (Å²) in [5.74, 6) is 0. The quantitative estimate of drug-likeness (QED) is 0.172. The lowest BCUT2D eigenvalue weighted by molar-refractivity contribution is -0.133. The molecular formula is C11H5Cl17O2. The Morgan fingerprint density at radius 3 is 1.07 bits per heavy atom. The van der Waals surface area contributed by atoms with Crippen LogP contribution in [0.4, 0.5) is 0 Å². The molecule has 19 heteroatoms. The fourth-order valence-corrected chi connectivity index (χ4v) is 6.83. The summed E-state index contributed by atoms with van der Waals surface area (Å²) < 4.78 is -18.2. The van der Waals surface area contributed by atoms with Crippen molar-refractivity contribution in [2.45, 2.75) is 47.2 Å². The van der Waals surface area contributed by atoms with Gasteiger partial charge in [-0.25, -0.2) is 0 Å². The van der Waals surface area contributed by atoms with E-state index in [1.54, 1.807) is 0 Å². The fraction of sp³-hybridized carbons (Fsp3) is 0.909. The van der Waals surface area contributed by atoms with Crippen molar-refractivity contribution in [2.24, 2.45) is 0 Å². The summed E-state index contributed by atoms with van der Waals surface area (Å²) >= 11 is 104. The summed E-state index contributed by atoms with van der Waals surface area (Å²) in [6.07, 6.45) is -1.45. The van der Waals surface area contributed by atoms with Gasteiger partial charge in [0, 0.05) is 0 Å². The highest BCUT2D eigenvalue weighted by Gasteiger charge is 2.81. The molecular weight excluding hydrogens is 767 g/mol.